The Hall–Kier alpha value is -3.05. The van der Waals surface area contributed by atoms with Gasteiger partial charge in [0.1, 0.15) is 5.75 Å². The number of anilines is 1. The zero-order valence-corrected chi connectivity index (χ0v) is 17.9. The molecule has 0 aliphatic rings. The third-order valence-electron chi connectivity index (χ3n) is 4.23. The molecule has 0 radical (unpaired) electrons. The molecule has 2 amide bonds. The molecular formula is C20H23F2N3O5S. The predicted molar refractivity (Wildman–Crippen MR) is 110 cm³/mol. The third kappa shape index (κ3) is 6.72. The van der Waals surface area contributed by atoms with Crippen molar-refractivity contribution in [1.82, 2.24) is 9.62 Å². The van der Waals surface area contributed by atoms with E-state index in [0.29, 0.717) is 11.3 Å². The second-order valence-corrected chi connectivity index (χ2v) is 8.72. The predicted octanol–water partition coefficient (Wildman–Crippen LogP) is 2.74. The molecule has 0 aliphatic heterocycles. The Balaban J connectivity index is 2.05. The van der Waals surface area contributed by atoms with Crippen molar-refractivity contribution in [2.24, 2.45) is 0 Å². The number of sulfonamides is 1. The molecule has 2 rings (SSSR count). The number of alkyl halides is 2. The lowest BCUT2D eigenvalue weighted by atomic mass is 10.1. The van der Waals surface area contributed by atoms with Crippen LogP contribution in [0.15, 0.2) is 53.4 Å². The van der Waals surface area contributed by atoms with Gasteiger partial charge in [0, 0.05) is 25.2 Å². The Labute approximate surface area is 179 Å². The summed E-state index contributed by atoms with van der Waals surface area (Å²) in [6, 6.07) is 10.8. The molecule has 1 atom stereocenters. The lowest BCUT2D eigenvalue weighted by Gasteiger charge is -2.21. The molecule has 0 unspecified atom stereocenters. The van der Waals surface area contributed by atoms with Gasteiger partial charge >= 0.3 is 6.61 Å². The van der Waals surface area contributed by atoms with Crippen molar-refractivity contribution < 1.29 is 31.5 Å². The van der Waals surface area contributed by atoms with Crippen LogP contribution >= 0.6 is 0 Å². The molecule has 2 N–H and O–H groups in total. The van der Waals surface area contributed by atoms with Crippen LogP contribution in [-0.4, -0.2) is 44.7 Å². The summed E-state index contributed by atoms with van der Waals surface area (Å²) < 4.78 is 55.8. The van der Waals surface area contributed by atoms with Crippen molar-refractivity contribution in [2.45, 2.75) is 31.4 Å². The van der Waals surface area contributed by atoms with Crippen LogP contribution in [0.5, 0.6) is 5.75 Å². The topological polar surface area (TPSA) is 105 Å². The summed E-state index contributed by atoms with van der Waals surface area (Å²) in [4.78, 5) is 23.4. The minimum Gasteiger partial charge on any atom is -0.434 e. The van der Waals surface area contributed by atoms with Gasteiger partial charge in [-0.15, -0.1) is 0 Å². The molecule has 0 saturated heterocycles. The number of halogens is 2. The van der Waals surface area contributed by atoms with Crippen LogP contribution in [0.3, 0.4) is 0 Å². The number of carbonyl (C=O) groups excluding carboxylic acids is 2. The summed E-state index contributed by atoms with van der Waals surface area (Å²) in [6.45, 7) is -0.605. The molecule has 2 aromatic carbocycles. The SMILES string of the molecule is CC(=O)Nc1ccc(S(=O)(=O)N(C)CC(=O)N[C@H](C)c2ccccc2OC(F)F)cc1. The van der Waals surface area contributed by atoms with E-state index in [2.05, 4.69) is 15.4 Å². The molecule has 0 spiro atoms. The molecule has 0 heterocycles. The fourth-order valence-electron chi connectivity index (χ4n) is 2.79. The quantitative estimate of drug-likeness (QED) is 0.605. The highest BCUT2D eigenvalue weighted by molar-refractivity contribution is 7.89. The lowest BCUT2D eigenvalue weighted by molar-refractivity contribution is -0.121. The monoisotopic (exact) mass is 455 g/mol. The Bertz CT molecular complexity index is 1030. The van der Waals surface area contributed by atoms with Gasteiger partial charge in [0.2, 0.25) is 21.8 Å². The standard InChI is InChI=1S/C20H23F2N3O5S/c1-13(17-6-4-5-7-18(17)30-20(21)22)23-19(27)12-25(3)31(28,29)16-10-8-15(9-11-16)24-14(2)26/h4-11,13,20H,12H2,1-3H3,(H,23,27)(H,24,26)/t13-/m1/s1. The van der Waals surface area contributed by atoms with Gasteiger partial charge in [-0.2, -0.15) is 13.1 Å². The van der Waals surface area contributed by atoms with Crippen molar-refractivity contribution >= 4 is 27.5 Å². The van der Waals surface area contributed by atoms with Crippen LogP contribution in [0.2, 0.25) is 0 Å². The molecule has 8 nitrogen and oxygen atoms in total. The Morgan fingerprint density at radius 3 is 2.29 bits per heavy atom. The highest BCUT2D eigenvalue weighted by atomic mass is 32.2. The van der Waals surface area contributed by atoms with Gasteiger partial charge in [0.25, 0.3) is 0 Å². The molecule has 0 fully saturated rings. The van der Waals surface area contributed by atoms with E-state index in [0.717, 1.165) is 4.31 Å². The minimum atomic E-state index is -3.97. The van der Waals surface area contributed by atoms with Crippen LogP contribution in [0.25, 0.3) is 0 Å². The van der Waals surface area contributed by atoms with Crippen molar-refractivity contribution in [3.8, 4) is 5.75 Å². The van der Waals surface area contributed by atoms with E-state index >= 15 is 0 Å². The molecule has 0 aromatic heterocycles. The number of likely N-dealkylation sites (N-methyl/N-ethyl adjacent to an activating group) is 1. The van der Waals surface area contributed by atoms with E-state index in [1.54, 1.807) is 13.0 Å². The summed E-state index contributed by atoms with van der Waals surface area (Å²) in [7, 11) is -2.72. The van der Waals surface area contributed by atoms with Crippen molar-refractivity contribution in [1.29, 1.82) is 0 Å². The molecule has 31 heavy (non-hydrogen) atoms. The molecule has 0 aliphatic carbocycles. The average molecular weight is 455 g/mol. The second-order valence-electron chi connectivity index (χ2n) is 6.67. The fraction of sp³-hybridized carbons (Fsp3) is 0.300. The Morgan fingerprint density at radius 2 is 1.71 bits per heavy atom. The van der Waals surface area contributed by atoms with Crippen LogP contribution < -0.4 is 15.4 Å². The van der Waals surface area contributed by atoms with Crippen LogP contribution in [-0.2, 0) is 19.6 Å². The number of para-hydroxylation sites is 1. The van der Waals surface area contributed by atoms with E-state index in [1.807, 2.05) is 0 Å². The first-order valence-corrected chi connectivity index (χ1v) is 10.6. The average Bonchev–Trinajstić information content (AvgIpc) is 2.67. The first-order chi connectivity index (χ1) is 14.5. The van der Waals surface area contributed by atoms with Crippen LogP contribution in [0, 0.1) is 0 Å². The number of rotatable bonds is 9. The molecular weight excluding hydrogens is 432 g/mol. The molecule has 2 aromatic rings. The number of benzene rings is 2. The largest absolute Gasteiger partial charge is 0.434 e. The molecule has 0 saturated carbocycles. The highest BCUT2D eigenvalue weighted by Gasteiger charge is 2.24. The zero-order chi connectivity index (χ0) is 23.2. The van der Waals surface area contributed by atoms with E-state index in [4.69, 9.17) is 0 Å². The summed E-state index contributed by atoms with van der Waals surface area (Å²) in [5, 5.41) is 5.11. The van der Waals surface area contributed by atoms with E-state index in [1.165, 1.54) is 56.4 Å². The molecule has 168 valence electrons. The third-order valence-corrected chi connectivity index (χ3v) is 6.05. The fourth-order valence-corrected chi connectivity index (χ4v) is 3.91. The van der Waals surface area contributed by atoms with Gasteiger partial charge < -0.3 is 15.4 Å². The number of amides is 2. The van der Waals surface area contributed by atoms with Crippen molar-refractivity contribution in [3.05, 3.63) is 54.1 Å². The maximum absolute atomic E-state index is 12.7. The highest BCUT2D eigenvalue weighted by Crippen LogP contribution is 2.26. The van der Waals surface area contributed by atoms with Gasteiger partial charge in [0.05, 0.1) is 17.5 Å². The summed E-state index contributed by atoms with van der Waals surface area (Å²) in [5.41, 5.74) is 0.764. The summed E-state index contributed by atoms with van der Waals surface area (Å²) >= 11 is 0. The lowest BCUT2D eigenvalue weighted by Crippen LogP contribution is -2.39. The number of nitrogens with zero attached hydrogens (tertiary/aromatic N) is 1. The minimum absolute atomic E-state index is 0.0550. The van der Waals surface area contributed by atoms with Gasteiger partial charge in [-0.25, -0.2) is 8.42 Å². The van der Waals surface area contributed by atoms with Gasteiger partial charge in [-0.05, 0) is 37.3 Å². The maximum Gasteiger partial charge on any atom is 0.387 e. The first-order valence-electron chi connectivity index (χ1n) is 9.17. The van der Waals surface area contributed by atoms with Crippen molar-refractivity contribution in [3.63, 3.8) is 0 Å². The van der Waals surface area contributed by atoms with Crippen LogP contribution in [0.1, 0.15) is 25.5 Å². The Kier molecular flexibility index (Phi) is 8.06. The number of ether oxygens (including phenoxy) is 1. The van der Waals surface area contributed by atoms with E-state index in [9.17, 15) is 26.8 Å². The maximum atomic E-state index is 12.7. The summed E-state index contributed by atoms with van der Waals surface area (Å²) in [6.07, 6.45) is 0. The number of nitrogens with one attached hydrogen (secondary N) is 2. The van der Waals surface area contributed by atoms with Gasteiger partial charge in [-0.3, -0.25) is 9.59 Å². The normalized spacial score (nSPS) is 12.5. The smallest absolute Gasteiger partial charge is 0.387 e. The second kappa shape index (κ2) is 10.3. The molecule has 0 bridgehead atoms. The zero-order valence-electron chi connectivity index (χ0n) is 17.1. The van der Waals surface area contributed by atoms with E-state index < -0.39 is 35.1 Å². The number of hydrogen-bond donors (Lipinski definition) is 2. The van der Waals surface area contributed by atoms with Crippen molar-refractivity contribution in [2.75, 3.05) is 18.9 Å². The van der Waals surface area contributed by atoms with E-state index in [-0.39, 0.29) is 16.6 Å². The molecule has 11 heteroatoms. The van der Waals surface area contributed by atoms with Crippen LogP contribution in [0.4, 0.5) is 14.5 Å². The number of carbonyl (C=O) groups is 2. The Morgan fingerprint density at radius 1 is 1.10 bits per heavy atom. The van der Waals surface area contributed by atoms with Gasteiger partial charge in [-0.1, -0.05) is 18.2 Å². The first kappa shape index (κ1) is 24.2. The van der Waals surface area contributed by atoms with Gasteiger partial charge in [0.15, 0.2) is 0 Å². The number of hydrogen-bond acceptors (Lipinski definition) is 5. The summed E-state index contributed by atoms with van der Waals surface area (Å²) in [5.74, 6) is -0.995.